The summed E-state index contributed by atoms with van der Waals surface area (Å²) in [6.07, 6.45) is 7.34. The fourth-order valence-electron chi connectivity index (χ4n) is 4.29. The van der Waals surface area contributed by atoms with E-state index in [2.05, 4.69) is 0 Å². The lowest BCUT2D eigenvalue weighted by Gasteiger charge is -2.29. The van der Waals surface area contributed by atoms with E-state index < -0.39 is 0 Å². The summed E-state index contributed by atoms with van der Waals surface area (Å²) in [5.41, 5.74) is 0.770. The monoisotopic (exact) mass is 358 g/mol. The number of benzene rings is 1. The van der Waals surface area contributed by atoms with Gasteiger partial charge in [-0.1, -0.05) is 25.7 Å². The molecule has 6 heteroatoms. The zero-order valence-electron chi connectivity index (χ0n) is 15.3. The smallest absolute Gasteiger partial charge is 0.231 e. The molecule has 2 amide bonds. The minimum absolute atomic E-state index is 0.00326. The first-order chi connectivity index (χ1) is 12.6. The second-order valence-electron chi connectivity index (χ2n) is 7.54. The van der Waals surface area contributed by atoms with Gasteiger partial charge in [-0.3, -0.25) is 9.59 Å². The van der Waals surface area contributed by atoms with Crippen molar-refractivity contribution in [3.8, 4) is 11.5 Å². The maximum atomic E-state index is 13.0. The molecule has 2 aliphatic heterocycles. The standard InChI is InChI=1S/C20H26N2O4/c1-21(15-6-4-2-3-5-7-15)20(24)14-10-19(23)22(12-14)16-8-9-17-18(11-16)26-13-25-17/h8-9,11,14-15H,2-7,10,12-13H2,1H3/t14-/m1/s1. The molecule has 0 aromatic heterocycles. The quantitative estimate of drug-likeness (QED) is 0.780. The van der Waals surface area contributed by atoms with E-state index in [9.17, 15) is 9.59 Å². The summed E-state index contributed by atoms with van der Waals surface area (Å²) in [6.45, 7) is 0.647. The van der Waals surface area contributed by atoms with Crippen LogP contribution >= 0.6 is 0 Å². The van der Waals surface area contributed by atoms with Crippen LogP contribution < -0.4 is 14.4 Å². The highest BCUT2D eigenvalue weighted by Gasteiger charge is 2.38. The van der Waals surface area contributed by atoms with Crippen LogP contribution in [0.2, 0.25) is 0 Å². The fourth-order valence-corrected chi connectivity index (χ4v) is 4.29. The van der Waals surface area contributed by atoms with Gasteiger partial charge in [-0.2, -0.15) is 0 Å². The van der Waals surface area contributed by atoms with Gasteiger partial charge < -0.3 is 19.3 Å². The summed E-state index contributed by atoms with van der Waals surface area (Å²) in [4.78, 5) is 29.1. The molecule has 0 unspecified atom stereocenters. The molecule has 1 atom stereocenters. The average molecular weight is 358 g/mol. The van der Waals surface area contributed by atoms with Crippen LogP contribution in [-0.4, -0.2) is 43.1 Å². The van der Waals surface area contributed by atoms with E-state index in [-0.39, 0.29) is 30.9 Å². The average Bonchev–Trinajstić information content (AvgIpc) is 3.17. The van der Waals surface area contributed by atoms with Gasteiger partial charge in [-0.05, 0) is 25.0 Å². The summed E-state index contributed by atoms with van der Waals surface area (Å²) in [6, 6.07) is 5.81. The van der Waals surface area contributed by atoms with Crippen molar-refractivity contribution in [1.82, 2.24) is 4.90 Å². The fraction of sp³-hybridized carbons (Fsp3) is 0.600. The van der Waals surface area contributed by atoms with E-state index in [4.69, 9.17) is 9.47 Å². The highest BCUT2D eigenvalue weighted by Crippen LogP contribution is 2.37. The number of rotatable bonds is 3. The van der Waals surface area contributed by atoms with E-state index in [1.54, 1.807) is 4.90 Å². The zero-order chi connectivity index (χ0) is 18.1. The summed E-state index contributed by atoms with van der Waals surface area (Å²) in [5, 5.41) is 0. The molecule has 1 saturated heterocycles. The predicted octanol–water partition coefficient (Wildman–Crippen LogP) is 2.95. The Labute approximate surface area is 154 Å². The van der Waals surface area contributed by atoms with Gasteiger partial charge in [0, 0.05) is 37.8 Å². The van der Waals surface area contributed by atoms with Crippen LogP contribution in [0.5, 0.6) is 11.5 Å². The third-order valence-electron chi connectivity index (χ3n) is 5.86. The molecule has 4 rings (SSSR count). The Bertz CT molecular complexity index is 697. The zero-order valence-corrected chi connectivity index (χ0v) is 15.3. The highest BCUT2D eigenvalue weighted by molar-refractivity contribution is 6.00. The van der Waals surface area contributed by atoms with Gasteiger partial charge in [0.1, 0.15) is 0 Å². The minimum Gasteiger partial charge on any atom is -0.454 e. The van der Waals surface area contributed by atoms with E-state index in [1.165, 1.54) is 25.7 Å². The second-order valence-corrected chi connectivity index (χ2v) is 7.54. The lowest BCUT2D eigenvalue weighted by molar-refractivity contribution is -0.136. The molecule has 2 heterocycles. The maximum Gasteiger partial charge on any atom is 0.231 e. The highest BCUT2D eigenvalue weighted by atomic mass is 16.7. The molecule has 26 heavy (non-hydrogen) atoms. The Hall–Kier alpha value is -2.24. The number of carbonyl (C=O) groups is 2. The molecule has 1 aromatic rings. The molecule has 0 bridgehead atoms. The normalized spacial score (nSPS) is 23.2. The van der Waals surface area contributed by atoms with Crippen LogP contribution in [0, 0.1) is 5.92 Å². The number of fused-ring (bicyclic) bond motifs is 1. The molecule has 140 valence electrons. The van der Waals surface area contributed by atoms with Crippen molar-refractivity contribution >= 4 is 17.5 Å². The minimum atomic E-state index is -0.263. The second kappa shape index (κ2) is 7.17. The maximum absolute atomic E-state index is 13.0. The van der Waals surface area contributed by atoms with Gasteiger partial charge in [-0.25, -0.2) is 0 Å². The van der Waals surface area contributed by atoms with Crippen molar-refractivity contribution in [3.63, 3.8) is 0 Å². The van der Waals surface area contributed by atoms with Crippen LogP contribution in [-0.2, 0) is 9.59 Å². The first-order valence-electron chi connectivity index (χ1n) is 9.60. The molecule has 0 radical (unpaired) electrons. The van der Waals surface area contributed by atoms with Crippen molar-refractivity contribution in [3.05, 3.63) is 18.2 Å². The Kier molecular flexibility index (Phi) is 4.74. The third-order valence-corrected chi connectivity index (χ3v) is 5.86. The number of hydrogen-bond acceptors (Lipinski definition) is 4. The summed E-state index contributed by atoms with van der Waals surface area (Å²) in [7, 11) is 1.91. The molecular weight excluding hydrogens is 332 g/mol. The summed E-state index contributed by atoms with van der Waals surface area (Å²) >= 11 is 0. The van der Waals surface area contributed by atoms with Crippen molar-refractivity contribution in [2.24, 2.45) is 5.92 Å². The van der Waals surface area contributed by atoms with Gasteiger partial charge in [-0.15, -0.1) is 0 Å². The number of ether oxygens (including phenoxy) is 2. The lowest BCUT2D eigenvalue weighted by Crippen LogP contribution is -2.41. The molecular formula is C20H26N2O4. The van der Waals surface area contributed by atoms with Crippen molar-refractivity contribution in [2.45, 2.75) is 51.0 Å². The molecule has 0 N–H and O–H groups in total. The van der Waals surface area contributed by atoms with Gasteiger partial charge in [0.15, 0.2) is 11.5 Å². The van der Waals surface area contributed by atoms with Crippen LogP contribution in [0.3, 0.4) is 0 Å². The SMILES string of the molecule is CN(C(=O)[C@@H]1CC(=O)N(c2ccc3c(c2)OCO3)C1)C1CCCCCC1. The van der Waals surface area contributed by atoms with Gasteiger partial charge in [0.05, 0.1) is 5.92 Å². The summed E-state index contributed by atoms with van der Waals surface area (Å²) < 4.78 is 10.7. The third kappa shape index (κ3) is 3.24. The molecule has 6 nitrogen and oxygen atoms in total. The Morgan fingerprint density at radius 1 is 1.12 bits per heavy atom. The van der Waals surface area contributed by atoms with Gasteiger partial charge >= 0.3 is 0 Å². The Morgan fingerprint density at radius 2 is 1.85 bits per heavy atom. The molecule has 3 aliphatic rings. The number of nitrogens with zero attached hydrogens (tertiary/aromatic N) is 2. The molecule has 2 fully saturated rings. The Balaban J connectivity index is 1.44. The number of hydrogen-bond donors (Lipinski definition) is 0. The molecule has 1 aromatic carbocycles. The predicted molar refractivity (Wildman–Crippen MR) is 97.3 cm³/mol. The van der Waals surface area contributed by atoms with Crippen LogP contribution in [0.25, 0.3) is 0 Å². The first kappa shape index (κ1) is 17.2. The van der Waals surface area contributed by atoms with Crippen molar-refractivity contribution in [1.29, 1.82) is 0 Å². The van der Waals surface area contributed by atoms with Crippen molar-refractivity contribution in [2.75, 3.05) is 25.3 Å². The lowest BCUT2D eigenvalue weighted by atomic mass is 10.0. The molecule has 1 aliphatic carbocycles. The number of amides is 2. The summed E-state index contributed by atoms with van der Waals surface area (Å²) in [5.74, 6) is 1.19. The van der Waals surface area contributed by atoms with Crippen LogP contribution in [0.15, 0.2) is 18.2 Å². The number of carbonyl (C=O) groups excluding carboxylic acids is 2. The molecule has 1 saturated carbocycles. The van der Waals surface area contributed by atoms with Crippen LogP contribution in [0.4, 0.5) is 5.69 Å². The van der Waals surface area contributed by atoms with Crippen molar-refractivity contribution < 1.29 is 19.1 Å². The Morgan fingerprint density at radius 3 is 2.62 bits per heavy atom. The van der Waals surface area contributed by atoms with Crippen LogP contribution in [0.1, 0.15) is 44.9 Å². The first-order valence-corrected chi connectivity index (χ1v) is 9.60. The largest absolute Gasteiger partial charge is 0.454 e. The van der Waals surface area contributed by atoms with Gasteiger partial charge in [0.25, 0.3) is 0 Å². The topological polar surface area (TPSA) is 59.1 Å². The number of anilines is 1. The van der Waals surface area contributed by atoms with E-state index in [1.807, 2.05) is 30.1 Å². The molecule has 0 spiro atoms. The van der Waals surface area contributed by atoms with E-state index in [0.29, 0.717) is 24.1 Å². The van der Waals surface area contributed by atoms with E-state index in [0.717, 1.165) is 18.5 Å². The van der Waals surface area contributed by atoms with E-state index >= 15 is 0 Å². The van der Waals surface area contributed by atoms with Gasteiger partial charge in [0.2, 0.25) is 18.6 Å².